The van der Waals surface area contributed by atoms with Crippen molar-refractivity contribution in [2.24, 2.45) is 0 Å². The van der Waals surface area contributed by atoms with Gasteiger partial charge in [0.05, 0.1) is 18.1 Å². The Bertz CT molecular complexity index is 460. The van der Waals surface area contributed by atoms with E-state index in [1.54, 1.807) is 12.1 Å². The number of nitrogens with zero attached hydrogens (tertiary/aromatic N) is 3. The summed E-state index contributed by atoms with van der Waals surface area (Å²) in [4.78, 5) is 3.56. The molecule has 1 rings (SSSR count). The van der Waals surface area contributed by atoms with E-state index in [1.807, 2.05) is 0 Å². The lowest BCUT2D eigenvalue weighted by Gasteiger charge is -2.08. The average molecular weight is 272 g/mol. The Kier molecular flexibility index (Phi) is 3.70. The minimum Gasteiger partial charge on any atom is -0.244 e. The molecular formula is C9H4BrF2N3. The molecule has 0 saturated carbocycles. The van der Waals surface area contributed by atoms with Crippen molar-refractivity contribution in [3.8, 4) is 12.1 Å². The number of alkyl halides is 2. The maximum atomic E-state index is 12.7. The molecular weight excluding hydrogens is 268 g/mol. The van der Waals surface area contributed by atoms with Crippen LogP contribution >= 0.6 is 15.9 Å². The fourth-order valence-corrected chi connectivity index (χ4v) is 1.58. The smallest absolute Gasteiger partial charge is 0.244 e. The van der Waals surface area contributed by atoms with Crippen LogP contribution in [0.25, 0.3) is 0 Å². The van der Waals surface area contributed by atoms with Crippen molar-refractivity contribution in [2.45, 2.75) is 12.8 Å². The van der Waals surface area contributed by atoms with Crippen molar-refractivity contribution in [2.75, 3.05) is 0 Å². The van der Waals surface area contributed by atoms with Gasteiger partial charge in [-0.1, -0.05) is 0 Å². The maximum absolute atomic E-state index is 12.7. The molecule has 0 aliphatic carbocycles. The van der Waals surface area contributed by atoms with Crippen LogP contribution in [-0.4, -0.2) is 4.98 Å². The Morgan fingerprint density at radius 3 is 2.60 bits per heavy atom. The second kappa shape index (κ2) is 4.81. The molecule has 1 heterocycles. The topological polar surface area (TPSA) is 60.5 Å². The summed E-state index contributed by atoms with van der Waals surface area (Å²) in [5.74, 6) is 0. The summed E-state index contributed by atoms with van der Waals surface area (Å²) >= 11 is 3.02. The molecule has 0 radical (unpaired) electrons. The first kappa shape index (κ1) is 11.5. The second-order valence-electron chi connectivity index (χ2n) is 2.59. The van der Waals surface area contributed by atoms with Crippen molar-refractivity contribution in [1.82, 2.24) is 4.98 Å². The molecule has 0 atom stereocenters. The van der Waals surface area contributed by atoms with E-state index in [4.69, 9.17) is 10.5 Å². The molecule has 0 unspecified atom stereocenters. The summed E-state index contributed by atoms with van der Waals surface area (Å²) in [6.45, 7) is 0. The lowest BCUT2D eigenvalue weighted by Crippen LogP contribution is -2.02. The van der Waals surface area contributed by atoms with Gasteiger partial charge in [0.25, 0.3) is 6.43 Å². The second-order valence-corrected chi connectivity index (χ2v) is 3.45. The highest BCUT2D eigenvalue weighted by Crippen LogP contribution is 2.30. The number of halogens is 3. The van der Waals surface area contributed by atoms with Gasteiger partial charge in [-0.2, -0.15) is 10.5 Å². The fourth-order valence-electron chi connectivity index (χ4n) is 1.12. The largest absolute Gasteiger partial charge is 0.266 e. The summed E-state index contributed by atoms with van der Waals surface area (Å²) in [5, 5.41) is 17.1. The molecule has 0 aliphatic rings. The predicted octanol–water partition coefficient (Wildman–Crippen LogP) is 2.72. The van der Waals surface area contributed by atoms with Gasteiger partial charge in [0.1, 0.15) is 11.8 Å². The maximum Gasteiger partial charge on any atom is 0.266 e. The van der Waals surface area contributed by atoms with Crippen LogP contribution in [0.3, 0.4) is 0 Å². The van der Waals surface area contributed by atoms with Gasteiger partial charge in [-0.25, -0.2) is 13.8 Å². The molecule has 0 fully saturated rings. The minimum atomic E-state index is -2.81. The number of aromatic nitrogens is 1. The van der Waals surface area contributed by atoms with Crippen LogP contribution in [-0.2, 0) is 6.42 Å². The lowest BCUT2D eigenvalue weighted by molar-refractivity contribution is 0.149. The van der Waals surface area contributed by atoms with Crippen molar-refractivity contribution < 1.29 is 8.78 Å². The van der Waals surface area contributed by atoms with Crippen molar-refractivity contribution in [3.05, 3.63) is 27.5 Å². The van der Waals surface area contributed by atoms with Gasteiger partial charge < -0.3 is 0 Å². The van der Waals surface area contributed by atoms with Crippen molar-refractivity contribution >= 4 is 15.9 Å². The molecule has 0 aromatic carbocycles. The van der Waals surface area contributed by atoms with Crippen LogP contribution in [0.4, 0.5) is 8.78 Å². The van der Waals surface area contributed by atoms with E-state index < -0.39 is 12.0 Å². The molecule has 1 aromatic rings. The summed E-state index contributed by atoms with van der Waals surface area (Å²) in [6, 6.07) is 3.35. The van der Waals surface area contributed by atoms with Crippen LogP contribution in [0.2, 0.25) is 0 Å². The highest BCUT2D eigenvalue weighted by Gasteiger charge is 2.21. The van der Waals surface area contributed by atoms with E-state index in [0.717, 1.165) is 0 Å². The number of rotatable bonds is 2. The molecule has 0 amide bonds. The van der Waals surface area contributed by atoms with Crippen LogP contribution < -0.4 is 0 Å². The van der Waals surface area contributed by atoms with Gasteiger partial charge in [-0.3, -0.25) is 0 Å². The zero-order valence-electron chi connectivity index (χ0n) is 7.34. The zero-order valence-corrected chi connectivity index (χ0v) is 8.92. The standard InChI is InChI=1S/C9H4BrF2N3/c10-6-4-15-7(3-14)8(9(11)12)5(6)1-2-13/h4,9H,1H2. The third-order valence-electron chi connectivity index (χ3n) is 1.76. The highest BCUT2D eigenvalue weighted by atomic mass is 79.9. The van der Waals surface area contributed by atoms with Crippen molar-refractivity contribution in [3.63, 3.8) is 0 Å². The van der Waals surface area contributed by atoms with Gasteiger partial charge >= 0.3 is 0 Å². The number of hydrogen-bond acceptors (Lipinski definition) is 3. The Balaban J connectivity index is 3.47. The Morgan fingerprint density at radius 1 is 1.47 bits per heavy atom. The summed E-state index contributed by atoms with van der Waals surface area (Å²) < 4.78 is 25.6. The van der Waals surface area contributed by atoms with E-state index >= 15 is 0 Å². The number of pyridine rings is 1. The van der Waals surface area contributed by atoms with E-state index in [2.05, 4.69) is 20.9 Å². The van der Waals surface area contributed by atoms with Gasteiger partial charge in [0, 0.05) is 10.7 Å². The fraction of sp³-hybridized carbons (Fsp3) is 0.222. The van der Waals surface area contributed by atoms with Gasteiger partial charge in [-0.15, -0.1) is 0 Å². The number of nitriles is 2. The van der Waals surface area contributed by atoms with Crippen LogP contribution in [0.15, 0.2) is 10.7 Å². The van der Waals surface area contributed by atoms with Crippen LogP contribution in [0, 0.1) is 22.7 Å². The molecule has 76 valence electrons. The zero-order chi connectivity index (χ0) is 11.4. The molecule has 3 nitrogen and oxygen atoms in total. The predicted molar refractivity (Wildman–Crippen MR) is 50.9 cm³/mol. The monoisotopic (exact) mass is 271 g/mol. The van der Waals surface area contributed by atoms with Crippen LogP contribution in [0.1, 0.15) is 23.2 Å². The lowest BCUT2D eigenvalue weighted by atomic mass is 10.1. The highest BCUT2D eigenvalue weighted by molar-refractivity contribution is 9.10. The van der Waals surface area contributed by atoms with Gasteiger partial charge in [-0.05, 0) is 21.5 Å². The molecule has 0 spiro atoms. The Hall–Kier alpha value is -1.53. The van der Waals surface area contributed by atoms with Crippen LogP contribution in [0.5, 0.6) is 0 Å². The first-order valence-corrected chi connectivity index (χ1v) is 4.63. The Labute approximate surface area is 93.1 Å². The molecule has 0 aliphatic heterocycles. The van der Waals surface area contributed by atoms with E-state index in [-0.39, 0.29) is 17.7 Å². The van der Waals surface area contributed by atoms with E-state index in [0.29, 0.717) is 4.47 Å². The molecule has 15 heavy (non-hydrogen) atoms. The Morgan fingerprint density at radius 2 is 2.13 bits per heavy atom. The average Bonchev–Trinajstić information content (AvgIpc) is 2.20. The summed E-state index contributed by atoms with van der Waals surface area (Å²) in [7, 11) is 0. The van der Waals surface area contributed by atoms with E-state index in [1.165, 1.54) is 6.20 Å². The summed E-state index contributed by atoms with van der Waals surface area (Å²) in [5.41, 5.74) is -0.675. The number of hydrogen-bond donors (Lipinski definition) is 0. The molecule has 1 aromatic heterocycles. The van der Waals surface area contributed by atoms with Gasteiger partial charge in [0.2, 0.25) is 0 Å². The third-order valence-corrected chi connectivity index (χ3v) is 2.44. The SMILES string of the molecule is N#CCc1c(Br)cnc(C#N)c1C(F)F. The first-order chi connectivity index (χ1) is 7.11. The van der Waals surface area contributed by atoms with E-state index in [9.17, 15) is 8.78 Å². The minimum absolute atomic E-state index is 0.124. The molecule has 0 saturated heterocycles. The normalized spacial score (nSPS) is 9.73. The first-order valence-electron chi connectivity index (χ1n) is 3.84. The molecule has 0 N–H and O–H groups in total. The van der Waals surface area contributed by atoms with Crippen molar-refractivity contribution in [1.29, 1.82) is 10.5 Å². The third kappa shape index (κ3) is 2.28. The summed E-state index contributed by atoms with van der Waals surface area (Å²) in [6.07, 6.45) is -1.75. The quantitative estimate of drug-likeness (QED) is 0.831. The molecule has 0 bridgehead atoms. The van der Waals surface area contributed by atoms with Gasteiger partial charge in [0.15, 0.2) is 0 Å². The molecule has 6 heteroatoms.